The normalized spacial score (nSPS) is 15.5. The molecule has 2 aliphatic rings. The zero-order chi connectivity index (χ0) is 9.78. The molecule has 0 aliphatic heterocycles. The summed E-state index contributed by atoms with van der Waals surface area (Å²) in [6.45, 7) is 1.43. The van der Waals surface area contributed by atoms with E-state index < -0.39 is 0 Å². The summed E-state index contributed by atoms with van der Waals surface area (Å²) in [5, 5.41) is 7.32. The molecule has 0 N–H and O–H groups in total. The fourth-order valence-corrected chi connectivity index (χ4v) is 0.642. The SMILES string of the molecule is CC#N.[CH]1[CH][CH][CH][CH]1.[CH]1[CH][CH][CH][CH]1.[Cl-].[Fe+3].[V+4]. The molecular formula is C12H13ClFeNV+6. The van der Waals surface area contributed by atoms with E-state index in [0.717, 1.165) is 0 Å². The first kappa shape index (κ1) is 25.7. The third-order valence-electron chi connectivity index (χ3n) is 1.11. The molecule has 12 radical (unpaired) electrons. The van der Waals surface area contributed by atoms with Crippen LogP contribution in [0.2, 0.25) is 0 Å². The van der Waals surface area contributed by atoms with Crippen LogP contribution in [0.15, 0.2) is 0 Å². The van der Waals surface area contributed by atoms with Crippen molar-refractivity contribution in [2.75, 3.05) is 0 Å². The molecule has 0 saturated heterocycles. The quantitative estimate of drug-likeness (QED) is 0.557. The Labute approximate surface area is 130 Å². The van der Waals surface area contributed by atoms with Crippen LogP contribution in [0.1, 0.15) is 6.92 Å². The molecule has 80 valence electrons. The first-order chi connectivity index (χ1) is 6.41. The Hall–Kier alpha value is 0.884. The summed E-state index contributed by atoms with van der Waals surface area (Å²) in [7, 11) is 0. The van der Waals surface area contributed by atoms with Crippen LogP contribution in [-0.2, 0) is 35.6 Å². The van der Waals surface area contributed by atoms with E-state index >= 15 is 0 Å². The zero-order valence-corrected chi connectivity index (χ0v) is 12.2. The van der Waals surface area contributed by atoms with Gasteiger partial charge in [0.1, 0.15) is 0 Å². The van der Waals surface area contributed by atoms with Crippen molar-refractivity contribution in [3.63, 3.8) is 0 Å². The first-order valence-corrected chi connectivity index (χ1v) is 4.06. The van der Waals surface area contributed by atoms with Gasteiger partial charge in [0, 0.05) is 6.92 Å². The Balaban J connectivity index is -0.0000000638. The summed E-state index contributed by atoms with van der Waals surface area (Å²) in [5.74, 6) is 0. The average molecular weight is 313 g/mol. The van der Waals surface area contributed by atoms with E-state index in [-0.39, 0.29) is 48.0 Å². The van der Waals surface area contributed by atoms with Gasteiger partial charge in [-0.25, -0.2) is 0 Å². The maximum atomic E-state index is 7.32. The minimum Gasteiger partial charge on any atom is -1.00 e. The van der Waals surface area contributed by atoms with Crippen molar-refractivity contribution in [3.8, 4) is 6.07 Å². The summed E-state index contributed by atoms with van der Waals surface area (Å²) in [6, 6.07) is 1.75. The number of halogens is 1. The van der Waals surface area contributed by atoms with E-state index in [9.17, 15) is 0 Å². The Morgan fingerprint density at radius 3 is 0.812 bits per heavy atom. The second-order valence-corrected chi connectivity index (χ2v) is 2.15. The molecule has 0 aromatic rings. The topological polar surface area (TPSA) is 23.8 Å². The molecule has 0 heterocycles. The number of nitrogens with zero attached hydrogens (tertiary/aromatic N) is 1. The van der Waals surface area contributed by atoms with Crippen molar-refractivity contribution in [2.24, 2.45) is 0 Å². The standard InChI is InChI=1S/2C5H5.C2H3N.ClH.Fe.V/c2*1-2-4-5-3-1;1-2-3;;;/h2*1-5H;1H3;1H;;/q;;;;+3;+4/p-1. The van der Waals surface area contributed by atoms with Crippen molar-refractivity contribution in [3.05, 3.63) is 64.2 Å². The Morgan fingerprint density at radius 2 is 0.750 bits per heavy atom. The fraction of sp³-hybridized carbons (Fsp3) is 0.0833. The van der Waals surface area contributed by atoms with E-state index in [1.54, 1.807) is 6.07 Å². The van der Waals surface area contributed by atoms with Crippen molar-refractivity contribution in [1.82, 2.24) is 0 Å². The summed E-state index contributed by atoms with van der Waals surface area (Å²) >= 11 is 0. The minimum atomic E-state index is 0. The van der Waals surface area contributed by atoms with Gasteiger partial charge in [-0.1, -0.05) is 0 Å². The second-order valence-electron chi connectivity index (χ2n) is 2.15. The third-order valence-corrected chi connectivity index (χ3v) is 1.11. The Kier molecular flexibility index (Phi) is 40.0. The smallest absolute Gasteiger partial charge is 1.00 e. The molecule has 0 aromatic carbocycles. The summed E-state index contributed by atoms with van der Waals surface area (Å²) in [4.78, 5) is 0. The van der Waals surface area contributed by atoms with Crippen molar-refractivity contribution >= 4 is 0 Å². The molecule has 16 heavy (non-hydrogen) atoms. The van der Waals surface area contributed by atoms with Gasteiger partial charge in [-0.2, -0.15) is 5.26 Å². The molecular weight excluding hydrogens is 300 g/mol. The molecule has 0 bridgehead atoms. The zero-order valence-electron chi connectivity index (χ0n) is 8.90. The fourth-order valence-electron chi connectivity index (χ4n) is 0.642. The van der Waals surface area contributed by atoms with E-state index in [1.165, 1.54) is 6.92 Å². The van der Waals surface area contributed by atoms with Gasteiger partial charge in [0.05, 0.1) is 6.07 Å². The van der Waals surface area contributed by atoms with Crippen molar-refractivity contribution < 1.29 is 48.0 Å². The van der Waals surface area contributed by atoms with E-state index in [1.807, 2.05) is 64.2 Å². The number of hydrogen-bond acceptors (Lipinski definition) is 1. The molecule has 0 amide bonds. The minimum absolute atomic E-state index is 0. The van der Waals surface area contributed by atoms with Crippen LogP contribution < -0.4 is 12.4 Å². The summed E-state index contributed by atoms with van der Waals surface area (Å²) < 4.78 is 0. The molecule has 2 saturated carbocycles. The first-order valence-electron chi connectivity index (χ1n) is 4.06. The maximum absolute atomic E-state index is 7.32. The van der Waals surface area contributed by atoms with Gasteiger partial charge < -0.3 is 12.4 Å². The van der Waals surface area contributed by atoms with Crippen LogP contribution in [0.4, 0.5) is 0 Å². The molecule has 0 unspecified atom stereocenters. The van der Waals surface area contributed by atoms with Crippen LogP contribution in [0.3, 0.4) is 0 Å². The van der Waals surface area contributed by atoms with Gasteiger partial charge in [0.25, 0.3) is 0 Å². The van der Waals surface area contributed by atoms with Gasteiger partial charge >= 0.3 is 35.6 Å². The number of nitriles is 1. The molecule has 0 spiro atoms. The van der Waals surface area contributed by atoms with Gasteiger partial charge in [0.15, 0.2) is 0 Å². The predicted octanol–water partition coefficient (Wildman–Crippen LogP) is -0.428. The Morgan fingerprint density at radius 1 is 0.688 bits per heavy atom. The molecule has 1 nitrogen and oxygen atoms in total. The summed E-state index contributed by atoms with van der Waals surface area (Å²) in [5.41, 5.74) is 0. The van der Waals surface area contributed by atoms with Crippen molar-refractivity contribution in [2.45, 2.75) is 6.92 Å². The summed E-state index contributed by atoms with van der Waals surface area (Å²) in [6.07, 6.45) is 20.0. The van der Waals surface area contributed by atoms with Crippen molar-refractivity contribution in [1.29, 1.82) is 5.26 Å². The van der Waals surface area contributed by atoms with Crippen LogP contribution in [0.5, 0.6) is 0 Å². The number of rotatable bonds is 0. The van der Waals surface area contributed by atoms with Gasteiger partial charge in [-0.05, 0) is 64.2 Å². The van der Waals surface area contributed by atoms with Crippen LogP contribution in [0, 0.1) is 75.5 Å². The number of hydrogen-bond donors (Lipinski definition) is 0. The van der Waals surface area contributed by atoms with Gasteiger partial charge in [-0.15, -0.1) is 0 Å². The largest absolute Gasteiger partial charge is 4.00 e. The molecule has 2 rings (SSSR count). The molecule has 2 aliphatic carbocycles. The molecule has 4 heteroatoms. The monoisotopic (exact) mass is 313 g/mol. The molecule has 0 aromatic heterocycles. The third kappa shape index (κ3) is 24.2. The maximum Gasteiger partial charge on any atom is 4.00 e. The second kappa shape index (κ2) is 24.9. The average Bonchev–Trinajstić information content (AvgIpc) is 2.85. The van der Waals surface area contributed by atoms with Gasteiger partial charge in [0.2, 0.25) is 0 Å². The van der Waals surface area contributed by atoms with Gasteiger partial charge in [-0.3, -0.25) is 0 Å². The predicted molar refractivity (Wildman–Crippen MR) is 54.3 cm³/mol. The van der Waals surface area contributed by atoms with Crippen LogP contribution in [-0.4, -0.2) is 0 Å². The van der Waals surface area contributed by atoms with Crippen LogP contribution in [0.25, 0.3) is 0 Å². The van der Waals surface area contributed by atoms with Crippen LogP contribution >= 0.6 is 0 Å². The van der Waals surface area contributed by atoms with E-state index in [4.69, 9.17) is 5.26 Å². The molecule has 2 fully saturated rings. The Bertz CT molecular complexity index is 106. The molecule has 0 atom stereocenters. The van der Waals surface area contributed by atoms with E-state index in [0.29, 0.717) is 0 Å². The van der Waals surface area contributed by atoms with E-state index in [2.05, 4.69) is 0 Å².